The summed E-state index contributed by atoms with van der Waals surface area (Å²) >= 11 is 0. The summed E-state index contributed by atoms with van der Waals surface area (Å²) in [6.45, 7) is 6.58. The van der Waals surface area contributed by atoms with Crippen molar-refractivity contribution in [3.05, 3.63) is 18.0 Å². The van der Waals surface area contributed by atoms with E-state index in [1.54, 1.807) is 12.3 Å². The maximum atomic E-state index is 7.45. The molecule has 0 aromatic carbocycles. The van der Waals surface area contributed by atoms with Gasteiger partial charge in [0, 0.05) is 19.3 Å². The molecule has 0 amide bonds. The normalized spacial score (nSPS) is 20.4. The van der Waals surface area contributed by atoms with Crippen LogP contribution in [0.25, 0.3) is 0 Å². The van der Waals surface area contributed by atoms with Crippen LogP contribution in [0.1, 0.15) is 38.8 Å². The molecule has 1 aliphatic rings. The topological polar surface area (TPSA) is 78.9 Å². The van der Waals surface area contributed by atoms with E-state index in [1.165, 1.54) is 19.3 Å². The summed E-state index contributed by atoms with van der Waals surface area (Å²) in [5, 5.41) is 7.45. The van der Waals surface area contributed by atoms with Crippen molar-refractivity contribution in [2.75, 3.05) is 18.0 Å². The van der Waals surface area contributed by atoms with Gasteiger partial charge in [-0.1, -0.05) is 13.8 Å². The van der Waals surface area contributed by atoms with Crippen molar-refractivity contribution in [3.8, 4) is 0 Å². The van der Waals surface area contributed by atoms with E-state index in [4.69, 9.17) is 11.1 Å². The van der Waals surface area contributed by atoms with E-state index in [0.29, 0.717) is 11.6 Å². The predicted molar refractivity (Wildman–Crippen MR) is 77.4 cm³/mol. The molecule has 0 aliphatic carbocycles. The van der Waals surface area contributed by atoms with Crippen molar-refractivity contribution in [2.24, 2.45) is 17.6 Å². The second kappa shape index (κ2) is 5.99. The Bertz CT molecular complexity index is 443. The summed E-state index contributed by atoms with van der Waals surface area (Å²) in [5.74, 6) is 2.24. The first-order chi connectivity index (χ1) is 9.08. The smallest absolute Gasteiger partial charge is 0.225 e. The molecule has 0 saturated carbocycles. The number of rotatable bonds is 3. The molecule has 0 radical (unpaired) electrons. The second-order valence-corrected chi connectivity index (χ2v) is 5.58. The van der Waals surface area contributed by atoms with E-state index >= 15 is 0 Å². The van der Waals surface area contributed by atoms with Crippen LogP contribution in [-0.2, 0) is 0 Å². The molecule has 1 saturated heterocycles. The van der Waals surface area contributed by atoms with Crippen LogP contribution in [-0.4, -0.2) is 28.9 Å². The fraction of sp³-hybridized carbons (Fsp3) is 0.643. The third kappa shape index (κ3) is 3.43. The molecule has 19 heavy (non-hydrogen) atoms. The van der Waals surface area contributed by atoms with E-state index < -0.39 is 0 Å². The Hall–Kier alpha value is -1.65. The lowest BCUT2D eigenvalue weighted by Gasteiger charge is -2.21. The number of hydrogen-bond acceptors (Lipinski definition) is 4. The van der Waals surface area contributed by atoms with E-state index in [9.17, 15) is 0 Å². The number of nitrogen functional groups attached to an aromatic ring is 1. The summed E-state index contributed by atoms with van der Waals surface area (Å²) in [7, 11) is 0. The van der Waals surface area contributed by atoms with Gasteiger partial charge < -0.3 is 10.6 Å². The zero-order valence-corrected chi connectivity index (χ0v) is 11.8. The molecule has 1 unspecified atom stereocenters. The zero-order chi connectivity index (χ0) is 13.8. The Balaban J connectivity index is 2.09. The van der Waals surface area contributed by atoms with E-state index in [0.717, 1.165) is 24.9 Å². The highest BCUT2D eigenvalue weighted by Crippen LogP contribution is 2.25. The van der Waals surface area contributed by atoms with Crippen LogP contribution >= 0.6 is 0 Å². The molecule has 3 N–H and O–H groups in total. The molecule has 1 atom stereocenters. The molecule has 5 nitrogen and oxygen atoms in total. The Labute approximate surface area is 114 Å². The van der Waals surface area contributed by atoms with Crippen molar-refractivity contribution in [1.82, 2.24) is 9.97 Å². The van der Waals surface area contributed by atoms with Crippen LogP contribution in [0.2, 0.25) is 0 Å². The number of hydrogen-bond donors (Lipinski definition) is 2. The van der Waals surface area contributed by atoms with Crippen LogP contribution in [0.4, 0.5) is 5.95 Å². The Kier molecular flexibility index (Phi) is 4.35. The first-order valence-corrected chi connectivity index (χ1v) is 7.00. The molecule has 1 aliphatic heterocycles. The zero-order valence-electron chi connectivity index (χ0n) is 11.8. The number of nitrogens with one attached hydrogen (secondary N) is 1. The molecular formula is C14H23N5. The minimum Gasteiger partial charge on any atom is -0.382 e. The fourth-order valence-electron chi connectivity index (χ4n) is 2.64. The van der Waals surface area contributed by atoms with Crippen LogP contribution in [0.5, 0.6) is 0 Å². The van der Waals surface area contributed by atoms with Gasteiger partial charge >= 0.3 is 0 Å². The minimum atomic E-state index is -0.00136. The van der Waals surface area contributed by atoms with E-state index in [2.05, 4.69) is 28.7 Å². The fourth-order valence-corrected chi connectivity index (χ4v) is 2.64. The highest BCUT2D eigenvalue weighted by atomic mass is 15.2. The summed E-state index contributed by atoms with van der Waals surface area (Å²) in [6.07, 6.45) is 5.33. The standard InChI is InChI=1S/C14H23N5/c1-10(2)11-4-3-8-19(9-6-11)14-17-7-5-12(18-14)13(15)16/h5,7,10-11H,3-4,6,8-9H2,1-2H3,(H3,15,16). The predicted octanol–water partition coefficient (Wildman–Crippen LogP) is 2.02. The van der Waals surface area contributed by atoms with Gasteiger partial charge in [0.05, 0.1) is 0 Å². The number of aromatic nitrogens is 2. The largest absolute Gasteiger partial charge is 0.382 e. The molecule has 1 fully saturated rings. The van der Waals surface area contributed by atoms with Crippen molar-refractivity contribution < 1.29 is 0 Å². The highest BCUT2D eigenvalue weighted by molar-refractivity contribution is 5.93. The van der Waals surface area contributed by atoms with Crippen LogP contribution < -0.4 is 10.6 Å². The summed E-state index contributed by atoms with van der Waals surface area (Å²) < 4.78 is 0. The van der Waals surface area contributed by atoms with Crippen LogP contribution in [0, 0.1) is 17.2 Å². The average Bonchev–Trinajstić information content (AvgIpc) is 2.64. The van der Waals surface area contributed by atoms with Gasteiger partial charge in [0.25, 0.3) is 0 Å². The van der Waals surface area contributed by atoms with Crippen LogP contribution in [0.3, 0.4) is 0 Å². The van der Waals surface area contributed by atoms with Gasteiger partial charge in [-0.3, -0.25) is 5.41 Å². The average molecular weight is 261 g/mol. The molecular weight excluding hydrogens is 238 g/mol. The lowest BCUT2D eigenvalue weighted by atomic mass is 9.89. The Morgan fingerprint density at radius 1 is 1.42 bits per heavy atom. The van der Waals surface area contributed by atoms with Gasteiger partial charge in [0.2, 0.25) is 5.95 Å². The summed E-state index contributed by atoms with van der Waals surface area (Å²) in [4.78, 5) is 10.9. The van der Waals surface area contributed by atoms with Gasteiger partial charge in [0.1, 0.15) is 11.5 Å². The Morgan fingerprint density at radius 3 is 2.89 bits per heavy atom. The van der Waals surface area contributed by atoms with Crippen molar-refractivity contribution >= 4 is 11.8 Å². The third-order valence-electron chi connectivity index (χ3n) is 3.92. The third-order valence-corrected chi connectivity index (χ3v) is 3.92. The molecule has 104 valence electrons. The van der Waals surface area contributed by atoms with Crippen molar-refractivity contribution in [2.45, 2.75) is 33.1 Å². The van der Waals surface area contributed by atoms with Gasteiger partial charge in [-0.15, -0.1) is 0 Å². The van der Waals surface area contributed by atoms with Gasteiger partial charge in [-0.05, 0) is 37.2 Å². The van der Waals surface area contributed by atoms with Gasteiger partial charge in [-0.25, -0.2) is 9.97 Å². The molecule has 5 heteroatoms. The molecule has 0 spiro atoms. The lowest BCUT2D eigenvalue weighted by molar-refractivity contribution is 0.351. The Morgan fingerprint density at radius 2 is 2.21 bits per heavy atom. The minimum absolute atomic E-state index is 0.00136. The van der Waals surface area contributed by atoms with Crippen molar-refractivity contribution in [3.63, 3.8) is 0 Å². The van der Waals surface area contributed by atoms with Crippen molar-refractivity contribution in [1.29, 1.82) is 5.41 Å². The first-order valence-electron chi connectivity index (χ1n) is 7.00. The lowest BCUT2D eigenvalue weighted by Crippen LogP contribution is -2.27. The van der Waals surface area contributed by atoms with Crippen LogP contribution in [0.15, 0.2) is 12.3 Å². The second-order valence-electron chi connectivity index (χ2n) is 5.58. The van der Waals surface area contributed by atoms with E-state index in [-0.39, 0.29) is 5.84 Å². The van der Waals surface area contributed by atoms with Gasteiger partial charge in [-0.2, -0.15) is 0 Å². The molecule has 1 aromatic rings. The highest BCUT2D eigenvalue weighted by Gasteiger charge is 2.21. The number of nitrogens with two attached hydrogens (primary N) is 1. The van der Waals surface area contributed by atoms with Gasteiger partial charge in [0.15, 0.2) is 0 Å². The number of amidine groups is 1. The summed E-state index contributed by atoms with van der Waals surface area (Å²) in [5.41, 5.74) is 5.99. The molecule has 0 bridgehead atoms. The maximum absolute atomic E-state index is 7.45. The van der Waals surface area contributed by atoms with E-state index in [1.807, 2.05) is 0 Å². The molecule has 2 rings (SSSR count). The SMILES string of the molecule is CC(C)C1CCCN(c2nccc(C(=N)N)n2)CC1. The molecule has 2 heterocycles. The number of anilines is 1. The quantitative estimate of drug-likeness (QED) is 0.644. The monoisotopic (exact) mass is 261 g/mol. The first kappa shape index (κ1) is 13.8. The summed E-state index contributed by atoms with van der Waals surface area (Å²) in [6, 6.07) is 1.68. The maximum Gasteiger partial charge on any atom is 0.225 e. The number of nitrogens with zero attached hydrogens (tertiary/aromatic N) is 3. The molecule has 1 aromatic heterocycles.